The van der Waals surface area contributed by atoms with Crippen LogP contribution < -0.4 is 0 Å². The molecule has 2 heterocycles. The van der Waals surface area contributed by atoms with Gasteiger partial charge in [-0.1, -0.05) is 115 Å². The Bertz CT molecular complexity index is 2420. The lowest BCUT2D eigenvalue weighted by atomic mass is 10.0. The molecule has 2 aromatic heterocycles. The van der Waals surface area contributed by atoms with E-state index in [-0.39, 0.29) is 0 Å². The SMILES string of the molecule is c1ccc(-n2c3ccccc3c3ccc4c(ccc5c6ccccc6n(-c6cccc7ccccc67)c54)c32)cc1. The topological polar surface area (TPSA) is 9.86 Å². The van der Waals surface area contributed by atoms with Gasteiger partial charge in [0.2, 0.25) is 0 Å². The van der Waals surface area contributed by atoms with Crippen LogP contribution in [-0.4, -0.2) is 9.13 Å². The number of benzene rings is 7. The van der Waals surface area contributed by atoms with E-state index >= 15 is 0 Å². The summed E-state index contributed by atoms with van der Waals surface area (Å²) in [4.78, 5) is 0. The van der Waals surface area contributed by atoms with Gasteiger partial charge in [-0.2, -0.15) is 0 Å². The zero-order chi connectivity index (χ0) is 26.2. The molecule has 0 spiro atoms. The largest absolute Gasteiger partial charge is 0.309 e. The van der Waals surface area contributed by atoms with Crippen LogP contribution in [0.15, 0.2) is 146 Å². The summed E-state index contributed by atoms with van der Waals surface area (Å²) in [6.07, 6.45) is 0. The lowest BCUT2D eigenvalue weighted by molar-refractivity contribution is 1.19. The minimum atomic E-state index is 1.18. The molecule has 0 bridgehead atoms. The number of nitrogens with zero attached hydrogens (tertiary/aromatic N) is 2. The van der Waals surface area contributed by atoms with Crippen LogP contribution in [0.1, 0.15) is 0 Å². The molecule has 9 aromatic rings. The van der Waals surface area contributed by atoms with E-state index in [0.29, 0.717) is 0 Å². The molecule has 0 saturated heterocycles. The van der Waals surface area contributed by atoms with Crippen molar-refractivity contribution in [2.75, 3.05) is 0 Å². The normalized spacial score (nSPS) is 12.0. The highest BCUT2D eigenvalue weighted by atomic mass is 15.0. The Morgan fingerprint density at radius 2 is 0.775 bits per heavy atom. The maximum absolute atomic E-state index is 2.48. The van der Waals surface area contributed by atoms with E-state index in [1.807, 2.05) is 0 Å². The number of para-hydroxylation sites is 3. The summed E-state index contributed by atoms with van der Waals surface area (Å²) in [6, 6.07) is 53.0. The fourth-order valence-corrected chi connectivity index (χ4v) is 6.82. The molecule has 0 radical (unpaired) electrons. The van der Waals surface area contributed by atoms with E-state index in [1.54, 1.807) is 0 Å². The molecule has 7 aromatic carbocycles. The van der Waals surface area contributed by atoms with Crippen molar-refractivity contribution in [2.45, 2.75) is 0 Å². The predicted molar refractivity (Wildman–Crippen MR) is 170 cm³/mol. The molecule has 0 amide bonds. The van der Waals surface area contributed by atoms with Crippen LogP contribution >= 0.6 is 0 Å². The molecule has 2 heteroatoms. The summed E-state index contributed by atoms with van der Waals surface area (Å²) in [5.41, 5.74) is 7.34. The van der Waals surface area contributed by atoms with Crippen molar-refractivity contribution >= 4 is 65.2 Å². The molecule has 0 aliphatic carbocycles. The second-order valence-electron chi connectivity index (χ2n) is 10.6. The first-order valence-electron chi connectivity index (χ1n) is 13.8. The standard InChI is InChI=1S/C38H24N2/c1-2-13-26(14-3-1)39-35-18-8-6-16-28(35)30-21-24-33-32(37(30)39)23-22-31-29-17-7-9-19-36(29)40(38(31)33)34-20-10-12-25-11-4-5-15-27(25)34/h1-24H. The van der Waals surface area contributed by atoms with Gasteiger partial charge in [0.15, 0.2) is 0 Å². The fraction of sp³-hybridized carbons (Fsp3) is 0. The Balaban J connectivity index is 1.52. The number of aromatic nitrogens is 2. The minimum absolute atomic E-state index is 1.18. The first-order chi connectivity index (χ1) is 19.9. The number of hydrogen-bond donors (Lipinski definition) is 0. The maximum atomic E-state index is 2.48. The molecule has 0 fully saturated rings. The van der Waals surface area contributed by atoms with Gasteiger partial charge in [-0.15, -0.1) is 0 Å². The lowest BCUT2D eigenvalue weighted by Crippen LogP contribution is -1.97. The zero-order valence-corrected chi connectivity index (χ0v) is 21.8. The molecule has 0 atom stereocenters. The Morgan fingerprint density at radius 3 is 1.45 bits per heavy atom. The van der Waals surface area contributed by atoms with Crippen LogP contribution in [0, 0.1) is 0 Å². The molecular weight excluding hydrogens is 484 g/mol. The molecule has 9 rings (SSSR count). The van der Waals surface area contributed by atoms with Crippen molar-refractivity contribution in [1.29, 1.82) is 0 Å². The molecular formula is C38H24N2. The van der Waals surface area contributed by atoms with Crippen LogP contribution in [0.25, 0.3) is 76.5 Å². The Morgan fingerprint density at radius 1 is 0.300 bits per heavy atom. The summed E-state index contributed by atoms with van der Waals surface area (Å²) >= 11 is 0. The second kappa shape index (κ2) is 8.08. The molecule has 0 unspecified atom stereocenters. The third-order valence-electron chi connectivity index (χ3n) is 8.48. The van der Waals surface area contributed by atoms with Gasteiger partial charge in [-0.3, -0.25) is 0 Å². The predicted octanol–water partition coefficient (Wildman–Crippen LogP) is 10.2. The fourth-order valence-electron chi connectivity index (χ4n) is 6.82. The minimum Gasteiger partial charge on any atom is -0.309 e. The van der Waals surface area contributed by atoms with E-state index in [2.05, 4.69) is 155 Å². The Labute approximate surface area is 230 Å². The Kier molecular flexibility index (Phi) is 4.36. The lowest BCUT2D eigenvalue weighted by Gasteiger charge is -2.14. The highest BCUT2D eigenvalue weighted by Gasteiger charge is 2.20. The van der Waals surface area contributed by atoms with Crippen molar-refractivity contribution in [3.63, 3.8) is 0 Å². The van der Waals surface area contributed by atoms with E-state index in [1.165, 1.54) is 76.5 Å². The maximum Gasteiger partial charge on any atom is 0.0620 e. The summed E-state index contributed by atoms with van der Waals surface area (Å²) in [5, 5.41) is 10.1. The van der Waals surface area contributed by atoms with Crippen LogP contribution in [-0.2, 0) is 0 Å². The summed E-state index contributed by atoms with van der Waals surface area (Å²) in [5.74, 6) is 0. The monoisotopic (exact) mass is 508 g/mol. The van der Waals surface area contributed by atoms with Crippen LogP contribution in [0.5, 0.6) is 0 Å². The van der Waals surface area contributed by atoms with Gasteiger partial charge in [0.05, 0.1) is 27.8 Å². The van der Waals surface area contributed by atoms with E-state index in [0.717, 1.165) is 0 Å². The van der Waals surface area contributed by atoms with Crippen molar-refractivity contribution in [3.05, 3.63) is 146 Å². The highest BCUT2D eigenvalue weighted by molar-refractivity contribution is 6.26. The average molecular weight is 509 g/mol. The van der Waals surface area contributed by atoms with Gasteiger partial charge < -0.3 is 9.13 Å². The van der Waals surface area contributed by atoms with Crippen LogP contribution in [0.4, 0.5) is 0 Å². The second-order valence-corrected chi connectivity index (χ2v) is 10.6. The van der Waals surface area contributed by atoms with Gasteiger partial charge in [0, 0.05) is 43.4 Å². The smallest absolute Gasteiger partial charge is 0.0620 e. The van der Waals surface area contributed by atoms with Crippen LogP contribution in [0.2, 0.25) is 0 Å². The number of hydrogen-bond acceptors (Lipinski definition) is 0. The van der Waals surface area contributed by atoms with Crippen molar-refractivity contribution in [2.24, 2.45) is 0 Å². The van der Waals surface area contributed by atoms with Crippen molar-refractivity contribution < 1.29 is 0 Å². The van der Waals surface area contributed by atoms with Crippen molar-refractivity contribution in [3.8, 4) is 11.4 Å². The first kappa shape index (κ1) is 21.6. The molecule has 0 aliphatic rings. The molecule has 40 heavy (non-hydrogen) atoms. The molecule has 2 nitrogen and oxygen atoms in total. The average Bonchev–Trinajstić information content (AvgIpc) is 3.55. The summed E-state index contributed by atoms with van der Waals surface area (Å²) in [7, 11) is 0. The highest BCUT2D eigenvalue weighted by Crippen LogP contribution is 2.42. The third kappa shape index (κ3) is 2.82. The number of rotatable bonds is 2. The third-order valence-corrected chi connectivity index (χ3v) is 8.48. The van der Waals surface area contributed by atoms with E-state index < -0.39 is 0 Å². The molecule has 0 saturated carbocycles. The summed E-state index contributed by atoms with van der Waals surface area (Å²) in [6.45, 7) is 0. The first-order valence-corrected chi connectivity index (χ1v) is 13.8. The van der Waals surface area contributed by atoms with Gasteiger partial charge in [0.25, 0.3) is 0 Å². The van der Waals surface area contributed by atoms with Crippen molar-refractivity contribution in [1.82, 2.24) is 9.13 Å². The van der Waals surface area contributed by atoms with Gasteiger partial charge in [-0.05, 0) is 35.7 Å². The van der Waals surface area contributed by atoms with Gasteiger partial charge >= 0.3 is 0 Å². The molecule has 0 N–H and O–H groups in total. The summed E-state index contributed by atoms with van der Waals surface area (Å²) < 4.78 is 4.92. The molecule has 0 aliphatic heterocycles. The number of fused-ring (bicyclic) bond motifs is 10. The quantitative estimate of drug-likeness (QED) is 0.220. The van der Waals surface area contributed by atoms with Gasteiger partial charge in [-0.25, -0.2) is 0 Å². The van der Waals surface area contributed by atoms with Crippen LogP contribution in [0.3, 0.4) is 0 Å². The molecule has 186 valence electrons. The zero-order valence-electron chi connectivity index (χ0n) is 21.8. The van der Waals surface area contributed by atoms with Gasteiger partial charge in [0.1, 0.15) is 0 Å². The van der Waals surface area contributed by atoms with E-state index in [9.17, 15) is 0 Å². The Hall–Kier alpha value is -5.34. The van der Waals surface area contributed by atoms with E-state index in [4.69, 9.17) is 0 Å².